The number of rotatable bonds is 3. The lowest BCUT2D eigenvalue weighted by Crippen LogP contribution is -2.46. The van der Waals surface area contributed by atoms with Gasteiger partial charge in [-0.25, -0.2) is 0 Å². The molecule has 0 bridgehead atoms. The van der Waals surface area contributed by atoms with Gasteiger partial charge < -0.3 is 15.6 Å². The number of hydrogen-bond donors (Lipinski definition) is 2. The molecule has 0 radical (unpaired) electrons. The van der Waals surface area contributed by atoms with Crippen LogP contribution in [0.3, 0.4) is 0 Å². The van der Waals surface area contributed by atoms with E-state index in [0.717, 1.165) is 16.5 Å². The van der Waals surface area contributed by atoms with Gasteiger partial charge in [0.15, 0.2) is 0 Å². The lowest BCUT2D eigenvalue weighted by Gasteiger charge is -2.19. The largest absolute Gasteiger partial charge is 0.490 e. The lowest BCUT2D eigenvalue weighted by molar-refractivity contribution is -0.143. The monoisotopic (exact) mass is 271 g/mol. The van der Waals surface area contributed by atoms with E-state index in [0.29, 0.717) is 19.3 Å². The molecular formula is C16H17NO3. The van der Waals surface area contributed by atoms with Crippen molar-refractivity contribution in [3.8, 4) is 5.75 Å². The van der Waals surface area contributed by atoms with E-state index in [1.165, 1.54) is 0 Å². The van der Waals surface area contributed by atoms with Crippen LogP contribution < -0.4 is 10.5 Å². The van der Waals surface area contributed by atoms with Crippen LogP contribution in [0.5, 0.6) is 5.75 Å². The predicted molar refractivity (Wildman–Crippen MR) is 76.8 cm³/mol. The Balaban J connectivity index is 1.76. The van der Waals surface area contributed by atoms with Gasteiger partial charge in [-0.15, -0.1) is 0 Å². The summed E-state index contributed by atoms with van der Waals surface area (Å²) >= 11 is 0. The molecule has 0 aliphatic heterocycles. The molecule has 3 N–H and O–H groups in total. The standard InChI is InChI=1S/C16H17NO3/c17-16(15(18)19)8-7-14(10-16)20-13-6-5-11-3-1-2-4-12(11)9-13/h1-6,9,14H,7-8,10,17H2,(H,18,19). The molecule has 4 heteroatoms. The van der Waals surface area contributed by atoms with Crippen molar-refractivity contribution < 1.29 is 14.6 Å². The molecule has 3 rings (SSSR count). The smallest absolute Gasteiger partial charge is 0.323 e. The molecule has 1 saturated carbocycles. The summed E-state index contributed by atoms with van der Waals surface area (Å²) < 4.78 is 5.89. The van der Waals surface area contributed by atoms with Crippen LogP contribution in [0, 0.1) is 0 Å². The Hall–Kier alpha value is -2.07. The van der Waals surface area contributed by atoms with Crippen molar-refractivity contribution in [1.29, 1.82) is 0 Å². The molecule has 4 nitrogen and oxygen atoms in total. The third kappa shape index (κ3) is 2.34. The van der Waals surface area contributed by atoms with Crippen LogP contribution in [-0.2, 0) is 4.79 Å². The van der Waals surface area contributed by atoms with E-state index in [1.54, 1.807) is 0 Å². The highest BCUT2D eigenvalue weighted by atomic mass is 16.5. The molecule has 0 heterocycles. The summed E-state index contributed by atoms with van der Waals surface area (Å²) in [7, 11) is 0. The van der Waals surface area contributed by atoms with Crippen LogP contribution in [0.25, 0.3) is 10.8 Å². The van der Waals surface area contributed by atoms with Crippen molar-refractivity contribution in [2.24, 2.45) is 5.73 Å². The molecule has 104 valence electrons. The molecule has 1 fully saturated rings. The summed E-state index contributed by atoms with van der Waals surface area (Å²) in [4.78, 5) is 11.1. The minimum atomic E-state index is -1.14. The number of hydrogen-bond acceptors (Lipinski definition) is 3. The molecule has 1 aliphatic rings. The highest BCUT2D eigenvalue weighted by Gasteiger charge is 2.43. The second kappa shape index (κ2) is 4.80. The van der Waals surface area contributed by atoms with E-state index in [-0.39, 0.29) is 6.10 Å². The molecule has 0 saturated heterocycles. The van der Waals surface area contributed by atoms with Crippen LogP contribution in [0.1, 0.15) is 19.3 Å². The van der Waals surface area contributed by atoms with Crippen LogP contribution in [0.15, 0.2) is 42.5 Å². The van der Waals surface area contributed by atoms with E-state index in [9.17, 15) is 4.79 Å². The molecule has 2 aromatic carbocycles. The maximum atomic E-state index is 11.1. The highest BCUT2D eigenvalue weighted by Crippen LogP contribution is 2.32. The van der Waals surface area contributed by atoms with Crippen molar-refractivity contribution in [3.05, 3.63) is 42.5 Å². The van der Waals surface area contributed by atoms with Crippen molar-refractivity contribution in [2.45, 2.75) is 30.9 Å². The van der Waals surface area contributed by atoms with E-state index < -0.39 is 11.5 Å². The van der Waals surface area contributed by atoms with Crippen LogP contribution in [0.2, 0.25) is 0 Å². The first-order chi connectivity index (χ1) is 9.57. The van der Waals surface area contributed by atoms with E-state index in [1.807, 2.05) is 42.5 Å². The molecule has 1 aliphatic carbocycles. The van der Waals surface area contributed by atoms with E-state index in [2.05, 4.69) is 0 Å². The molecule has 0 amide bonds. The molecule has 0 spiro atoms. The van der Waals surface area contributed by atoms with Crippen LogP contribution in [-0.4, -0.2) is 22.7 Å². The fraction of sp³-hybridized carbons (Fsp3) is 0.312. The number of aliphatic carboxylic acids is 1. The van der Waals surface area contributed by atoms with E-state index >= 15 is 0 Å². The fourth-order valence-electron chi connectivity index (χ4n) is 2.76. The Morgan fingerprint density at radius 2 is 2.00 bits per heavy atom. The molecule has 2 aromatic rings. The summed E-state index contributed by atoms with van der Waals surface area (Å²) in [6.45, 7) is 0. The number of nitrogens with two attached hydrogens (primary N) is 1. The summed E-state index contributed by atoms with van der Waals surface area (Å²) in [5.74, 6) is -0.176. The first-order valence-corrected chi connectivity index (χ1v) is 6.75. The fourth-order valence-corrected chi connectivity index (χ4v) is 2.76. The average molecular weight is 271 g/mol. The maximum absolute atomic E-state index is 11.1. The summed E-state index contributed by atoms with van der Waals surface area (Å²) in [5, 5.41) is 11.4. The van der Waals surface area contributed by atoms with Gasteiger partial charge in [-0.3, -0.25) is 4.79 Å². The summed E-state index contributed by atoms with van der Waals surface area (Å²) in [6.07, 6.45) is 1.36. The summed E-state index contributed by atoms with van der Waals surface area (Å²) in [6, 6.07) is 14.0. The SMILES string of the molecule is NC1(C(=O)O)CCC(Oc2ccc3ccccc3c2)C1. The minimum absolute atomic E-state index is 0.128. The van der Waals surface area contributed by atoms with Gasteiger partial charge >= 0.3 is 5.97 Å². The molecule has 2 atom stereocenters. The molecule has 20 heavy (non-hydrogen) atoms. The highest BCUT2D eigenvalue weighted by molar-refractivity contribution is 5.83. The third-order valence-corrected chi connectivity index (χ3v) is 3.95. The Morgan fingerprint density at radius 1 is 1.25 bits per heavy atom. The quantitative estimate of drug-likeness (QED) is 0.899. The zero-order valence-electron chi connectivity index (χ0n) is 11.1. The van der Waals surface area contributed by atoms with Crippen molar-refractivity contribution >= 4 is 16.7 Å². The van der Waals surface area contributed by atoms with Gasteiger partial charge in [-0.05, 0) is 35.7 Å². The van der Waals surface area contributed by atoms with Gasteiger partial charge in [0, 0.05) is 6.42 Å². The first kappa shape index (κ1) is 12.9. The van der Waals surface area contributed by atoms with Gasteiger partial charge in [-0.1, -0.05) is 30.3 Å². The first-order valence-electron chi connectivity index (χ1n) is 6.75. The third-order valence-electron chi connectivity index (χ3n) is 3.95. The second-order valence-electron chi connectivity index (χ2n) is 5.45. The van der Waals surface area contributed by atoms with Crippen LogP contribution in [0.4, 0.5) is 0 Å². The van der Waals surface area contributed by atoms with Gasteiger partial charge in [0.05, 0.1) is 0 Å². The number of carbonyl (C=O) groups is 1. The normalized spacial score (nSPS) is 25.8. The van der Waals surface area contributed by atoms with Crippen molar-refractivity contribution in [3.63, 3.8) is 0 Å². The number of carboxylic acid groups (broad SMARTS) is 1. The second-order valence-corrected chi connectivity index (χ2v) is 5.45. The van der Waals surface area contributed by atoms with Gasteiger partial charge in [0.1, 0.15) is 17.4 Å². The number of benzene rings is 2. The molecular weight excluding hydrogens is 254 g/mol. The topological polar surface area (TPSA) is 72.6 Å². The Kier molecular flexibility index (Phi) is 3.10. The minimum Gasteiger partial charge on any atom is -0.490 e. The number of carboxylic acids is 1. The van der Waals surface area contributed by atoms with Crippen molar-refractivity contribution in [1.82, 2.24) is 0 Å². The predicted octanol–water partition coefficient (Wildman–Crippen LogP) is 2.55. The van der Waals surface area contributed by atoms with Crippen molar-refractivity contribution in [2.75, 3.05) is 0 Å². The van der Waals surface area contributed by atoms with Crippen LogP contribution >= 0.6 is 0 Å². The molecule has 2 unspecified atom stereocenters. The number of ether oxygens (including phenoxy) is 1. The Morgan fingerprint density at radius 3 is 2.70 bits per heavy atom. The lowest BCUT2D eigenvalue weighted by atomic mass is 10.00. The number of fused-ring (bicyclic) bond motifs is 1. The van der Waals surface area contributed by atoms with E-state index in [4.69, 9.17) is 15.6 Å². The Labute approximate surface area is 117 Å². The van der Waals surface area contributed by atoms with Gasteiger partial charge in [-0.2, -0.15) is 0 Å². The van der Waals surface area contributed by atoms with Gasteiger partial charge in [0.2, 0.25) is 0 Å². The van der Waals surface area contributed by atoms with Gasteiger partial charge in [0.25, 0.3) is 0 Å². The maximum Gasteiger partial charge on any atom is 0.323 e. The summed E-state index contributed by atoms with van der Waals surface area (Å²) in [5.41, 5.74) is 4.72. The zero-order chi connectivity index (χ0) is 14.2. The molecule has 0 aromatic heterocycles. The zero-order valence-corrected chi connectivity index (χ0v) is 11.1. The average Bonchev–Trinajstić information content (AvgIpc) is 2.81. The Bertz CT molecular complexity index is 655.